The molecule has 0 unspecified atom stereocenters. The summed E-state index contributed by atoms with van der Waals surface area (Å²) in [7, 11) is 1.89. The number of fused-ring (bicyclic) bond motifs is 1. The van der Waals surface area contributed by atoms with Gasteiger partial charge in [-0.05, 0) is 30.2 Å². The molecule has 5 heteroatoms. The Kier molecular flexibility index (Phi) is 5.54. The Morgan fingerprint density at radius 3 is 2.54 bits per heavy atom. The maximum absolute atomic E-state index is 7.57. The fraction of sp³-hybridized carbons (Fsp3) is 0.143. The van der Waals surface area contributed by atoms with Crippen LogP contribution in [0.5, 0.6) is 0 Å². The zero-order valence-electron chi connectivity index (χ0n) is 14.7. The van der Waals surface area contributed by atoms with Gasteiger partial charge in [-0.2, -0.15) is 0 Å². The Balaban J connectivity index is 2.20. The van der Waals surface area contributed by atoms with Crippen molar-refractivity contribution in [3.8, 4) is 0 Å². The molecule has 4 nitrogen and oxygen atoms in total. The molecule has 1 aromatic heterocycles. The van der Waals surface area contributed by atoms with E-state index in [4.69, 9.17) is 21.4 Å². The van der Waals surface area contributed by atoms with Crippen molar-refractivity contribution in [2.45, 2.75) is 13.3 Å². The van der Waals surface area contributed by atoms with Gasteiger partial charge >= 0.3 is 0 Å². The third kappa shape index (κ3) is 3.86. The summed E-state index contributed by atoms with van der Waals surface area (Å²) in [5.74, 6) is 0.596. The van der Waals surface area contributed by atoms with Crippen LogP contribution in [0.15, 0.2) is 64.0 Å². The summed E-state index contributed by atoms with van der Waals surface area (Å²) in [6.07, 6.45) is 4.90. The molecule has 0 aliphatic carbocycles. The minimum absolute atomic E-state index is 0.263. The molecular formula is C21H20ClN3O. The molecule has 0 aliphatic heterocycles. The predicted molar refractivity (Wildman–Crippen MR) is 109 cm³/mol. The Morgan fingerprint density at radius 1 is 1.15 bits per heavy atom. The van der Waals surface area contributed by atoms with Crippen molar-refractivity contribution in [3.05, 3.63) is 70.8 Å². The normalized spacial score (nSPS) is 13.4. The molecule has 0 bridgehead atoms. The van der Waals surface area contributed by atoms with Crippen LogP contribution < -0.4 is 10.6 Å². The number of halogens is 1. The number of rotatable bonds is 3. The summed E-state index contributed by atoms with van der Waals surface area (Å²) >= 11 is 5.75. The van der Waals surface area contributed by atoms with Gasteiger partial charge in [0.05, 0.1) is 0 Å². The molecule has 0 radical (unpaired) electrons. The lowest BCUT2D eigenvalue weighted by atomic mass is 10.2. The number of para-hydroxylation sites is 1. The summed E-state index contributed by atoms with van der Waals surface area (Å²) in [5, 5.41) is 9.32. The van der Waals surface area contributed by atoms with E-state index in [1.165, 1.54) is 0 Å². The number of benzene rings is 2. The Hall–Kier alpha value is -2.85. The van der Waals surface area contributed by atoms with E-state index in [9.17, 15) is 0 Å². The largest absolute Gasteiger partial charge is 0.456 e. The van der Waals surface area contributed by atoms with Crippen LogP contribution in [0, 0.1) is 5.41 Å². The quantitative estimate of drug-likeness (QED) is 0.434. The number of amidine groups is 2. The van der Waals surface area contributed by atoms with E-state index in [0.717, 1.165) is 33.6 Å². The zero-order valence-corrected chi connectivity index (χ0v) is 15.5. The predicted octanol–water partition coefficient (Wildman–Crippen LogP) is 3.91. The van der Waals surface area contributed by atoms with E-state index in [2.05, 4.69) is 18.0 Å². The van der Waals surface area contributed by atoms with Gasteiger partial charge in [-0.1, -0.05) is 55.5 Å². The van der Waals surface area contributed by atoms with Crippen molar-refractivity contribution in [1.29, 1.82) is 5.41 Å². The van der Waals surface area contributed by atoms with Crippen molar-refractivity contribution in [3.63, 3.8) is 0 Å². The van der Waals surface area contributed by atoms with Crippen LogP contribution in [-0.4, -0.2) is 23.1 Å². The third-order valence-corrected chi connectivity index (χ3v) is 4.03. The van der Waals surface area contributed by atoms with Crippen molar-refractivity contribution >= 4 is 46.0 Å². The lowest BCUT2D eigenvalue weighted by molar-refractivity contribution is 0.572. The minimum Gasteiger partial charge on any atom is -0.456 e. The van der Waals surface area contributed by atoms with Crippen LogP contribution in [0.25, 0.3) is 23.2 Å². The van der Waals surface area contributed by atoms with Gasteiger partial charge in [0.2, 0.25) is 5.29 Å². The molecule has 2 aromatic carbocycles. The highest BCUT2D eigenvalue weighted by molar-refractivity contribution is 6.64. The highest BCUT2D eigenvalue weighted by Gasteiger charge is 2.10. The van der Waals surface area contributed by atoms with Gasteiger partial charge in [0.15, 0.2) is 0 Å². The molecule has 3 aromatic rings. The van der Waals surface area contributed by atoms with Crippen molar-refractivity contribution in [2.75, 3.05) is 7.05 Å². The minimum atomic E-state index is -0.263. The standard InChI is InChI=1S/C21H20ClN3O/c1-3-9-18-17(16-12-7-8-13-19(16)26-18)14-25(2)20(24-21(22)23)15-10-5-4-6-11-15/h4-14,23H,3H2,1-2H3/b17-14-,18-9+,23-21?,24-20-. The number of hydrogen-bond donors (Lipinski definition) is 1. The molecule has 0 aliphatic rings. The number of furan rings is 1. The van der Waals surface area contributed by atoms with Gasteiger partial charge in [-0.3, -0.25) is 5.41 Å². The molecule has 0 saturated heterocycles. The zero-order chi connectivity index (χ0) is 18.5. The van der Waals surface area contributed by atoms with Crippen LogP contribution in [0.4, 0.5) is 0 Å². The van der Waals surface area contributed by atoms with E-state index in [-0.39, 0.29) is 5.29 Å². The highest BCUT2D eigenvalue weighted by Crippen LogP contribution is 2.09. The maximum atomic E-state index is 7.57. The van der Waals surface area contributed by atoms with E-state index in [1.807, 2.05) is 72.7 Å². The second kappa shape index (κ2) is 8.02. The van der Waals surface area contributed by atoms with Gasteiger partial charge in [-0.15, -0.1) is 0 Å². The van der Waals surface area contributed by atoms with Crippen LogP contribution in [0.1, 0.15) is 18.9 Å². The second-order valence-corrected chi connectivity index (χ2v) is 6.18. The number of nitrogens with zero attached hydrogens (tertiary/aromatic N) is 2. The molecule has 0 atom stereocenters. The molecule has 0 spiro atoms. The van der Waals surface area contributed by atoms with Crippen molar-refractivity contribution in [1.82, 2.24) is 4.90 Å². The highest BCUT2D eigenvalue weighted by atomic mass is 35.5. The fourth-order valence-corrected chi connectivity index (χ4v) is 2.92. The molecule has 1 N–H and O–H groups in total. The molecule has 0 saturated carbocycles. The first-order chi connectivity index (χ1) is 12.6. The average Bonchev–Trinajstić information content (AvgIpc) is 2.98. The number of nitrogens with one attached hydrogen (secondary N) is 1. The number of aliphatic imine (C=N–C) groups is 1. The third-order valence-electron chi connectivity index (χ3n) is 3.95. The summed E-state index contributed by atoms with van der Waals surface area (Å²) in [6.45, 7) is 2.08. The molecule has 0 amide bonds. The van der Waals surface area contributed by atoms with Gasteiger partial charge in [0.25, 0.3) is 0 Å². The van der Waals surface area contributed by atoms with Gasteiger partial charge in [0.1, 0.15) is 16.8 Å². The summed E-state index contributed by atoms with van der Waals surface area (Å²) in [5.41, 5.74) is 2.55. The van der Waals surface area contributed by atoms with E-state index in [1.54, 1.807) is 0 Å². The molecule has 1 heterocycles. The Morgan fingerprint density at radius 2 is 1.85 bits per heavy atom. The monoisotopic (exact) mass is 365 g/mol. The first kappa shape index (κ1) is 18.0. The second-order valence-electron chi connectivity index (χ2n) is 5.82. The summed E-state index contributed by atoms with van der Waals surface area (Å²) in [4.78, 5) is 6.07. The van der Waals surface area contributed by atoms with Gasteiger partial charge in [-0.25, -0.2) is 4.99 Å². The van der Waals surface area contributed by atoms with Crippen LogP contribution in [0.3, 0.4) is 0 Å². The fourth-order valence-electron chi connectivity index (χ4n) is 2.84. The SMILES string of the molecule is CC/C=c1/oc2ccccc2/c1=C/N(C)/C(=N\C(=N)Cl)c1ccccc1. The summed E-state index contributed by atoms with van der Waals surface area (Å²) < 4.78 is 5.99. The van der Waals surface area contributed by atoms with E-state index >= 15 is 0 Å². The van der Waals surface area contributed by atoms with Crippen LogP contribution >= 0.6 is 11.6 Å². The Bertz CT molecular complexity index is 1070. The lowest BCUT2D eigenvalue weighted by Crippen LogP contribution is -2.29. The van der Waals surface area contributed by atoms with Gasteiger partial charge in [0, 0.05) is 29.4 Å². The molecule has 132 valence electrons. The van der Waals surface area contributed by atoms with Crippen molar-refractivity contribution in [2.24, 2.45) is 4.99 Å². The molecule has 0 fully saturated rings. The van der Waals surface area contributed by atoms with Crippen LogP contribution in [0.2, 0.25) is 0 Å². The Labute approximate surface area is 157 Å². The van der Waals surface area contributed by atoms with E-state index < -0.39 is 0 Å². The number of hydrogen-bond acceptors (Lipinski definition) is 2. The van der Waals surface area contributed by atoms with Crippen LogP contribution in [-0.2, 0) is 0 Å². The first-order valence-electron chi connectivity index (χ1n) is 8.40. The van der Waals surface area contributed by atoms with Crippen molar-refractivity contribution < 1.29 is 4.42 Å². The van der Waals surface area contributed by atoms with Gasteiger partial charge < -0.3 is 9.32 Å². The topological polar surface area (TPSA) is 52.6 Å². The average molecular weight is 366 g/mol. The first-order valence-corrected chi connectivity index (χ1v) is 8.78. The lowest BCUT2D eigenvalue weighted by Gasteiger charge is -2.16. The molecule has 3 rings (SSSR count). The maximum Gasteiger partial charge on any atom is 0.216 e. The smallest absolute Gasteiger partial charge is 0.216 e. The molecule has 26 heavy (non-hydrogen) atoms. The summed E-state index contributed by atoms with van der Waals surface area (Å²) in [6, 6.07) is 17.6. The molecular weight excluding hydrogens is 346 g/mol. The van der Waals surface area contributed by atoms with E-state index in [0.29, 0.717) is 5.84 Å².